The molecule has 156 valence electrons. The van der Waals surface area contributed by atoms with E-state index in [1.807, 2.05) is 0 Å². The van der Waals surface area contributed by atoms with Crippen molar-refractivity contribution in [2.24, 2.45) is 0 Å². The van der Waals surface area contributed by atoms with Crippen LogP contribution in [0.4, 0.5) is 24.5 Å². The molecule has 1 N–H and O–H groups in total. The van der Waals surface area contributed by atoms with E-state index >= 15 is 0 Å². The molecule has 31 heavy (non-hydrogen) atoms. The highest BCUT2D eigenvalue weighted by molar-refractivity contribution is 6.46. The lowest BCUT2D eigenvalue weighted by molar-refractivity contribution is -0.120. The Morgan fingerprint density at radius 2 is 1.55 bits per heavy atom. The van der Waals surface area contributed by atoms with Gasteiger partial charge < -0.3 is 10.1 Å². The number of imide groups is 1. The molecule has 3 aromatic rings. The second kappa shape index (κ2) is 7.98. The molecule has 5 nitrogen and oxygen atoms in total. The summed E-state index contributed by atoms with van der Waals surface area (Å²) in [6, 6.07) is 14.5. The second-order valence-corrected chi connectivity index (χ2v) is 6.63. The number of benzene rings is 3. The van der Waals surface area contributed by atoms with Crippen molar-refractivity contribution in [1.82, 2.24) is 0 Å². The third kappa shape index (κ3) is 3.63. The Morgan fingerprint density at radius 1 is 0.839 bits per heavy atom. The van der Waals surface area contributed by atoms with Crippen LogP contribution in [0.3, 0.4) is 0 Å². The van der Waals surface area contributed by atoms with E-state index in [9.17, 15) is 22.8 Å². The number of hydrogen-bond donors (Lipinski definition) is 1. The summed E-state index contributed by atoms with van der Waals surface area (Å²) in [6.07, 6.45) is 0. The molecule has 1 aliphatic heterocycles. The molecule has 3 aromatic carbocycles. The van der Waals surface area contributed by atoms with Gasteiger partial charge in [-0.15, -0.1) is 0 Å². The lowest BCUT2D eigenvalue weighted by atomic mass is 10.0. The largest absolute Gasteiger partial charge is 0.496 e. The fourth-order valence-corrected chi connectivity index (χ4v) is 3.28. The molecular weight excluding hydrogens is 409 g/mol. The van der Waals surface area contributed by atoms with Crippen molar-refractivity contribution >= 4 is 28.8 Å². The third-order valence-corrected chi connectivity index (χ3v) is 4.74. The van der Waals surface area contributed by atoms with Gasteiger partial charge in [-0.2, -0.15) is 0 Å². The summed E-state index contributed by atoms with van der Waals surface area (Å²) in [6.45, 7) is 0. The van der Waals surface area contributed by atoms with Crippen LogP contribution in [0.2, 0.25) is 0 Å². The Hall–Kier alpha value is -4.07. The lowest BCUT2D eigenvalue weighted by Gasteiger charge is -2.16. The summed E-state index contributed by atoms with van der Waals surface area (Å²) in [5.41, 5.74) is 0.440. The van der Waals surface area contributed by atoms with Gasteiger partial charge in [0, 0.05) is 17.3 Å². The quantitative estimate of drug-likeness (QED) is 0.613. The van der Waals surface area contributed by atoms with E-state index in [1.165, 1.54) is 31.4 Å². The molecule has 2 amide bonds. The molecular formula is C23H15F3N2O3. The third-order valence-electron chi connectivity index (χ3n) is 4.74. The van der Waals surface area contributed by atoms with Crippen molar-refractivity contribution in [3.63, 3.8) is 0 Å². The molecule has 0 atom stereocenters. The van der Waals surface area contributed by atoms with Gasteiger partial charge in [0.15, 0.2) is 11.6 Å². The first-order chi connectivity index (χ1) is 14.9. The van der Waals surface area contributed by atoms with E-state index in [0.717, 1.165) is 23.1 Å². The molecule has 1 aliphatic rings. The number of ether oxygens (including phenoxy) is 1. The van der Waals surface area contributed by atoms with Crippen molar-refractivity contribution in [1.29, 1.82) is 0 Å². The maximum absolute atomic E-state index is 13.8. The number of carbonyl (C=O) groups is 2. The van der Waals surface area contributed by atoms with Gasteiger partial charge in [-0.1, -0.05) is 18.2 Å². The summed E-state index contributed by atoms with van der Waals surface area (Å²) in [5, 5.41) is 2.85. The molecule has 0 fully saturated rings. The van der Waals surface area contributed by atoms with Crippen LogP contribution in [0.25, 0.3) is 5.57 Å². The number of para-hydroxylation sites is 1. The molecule has 0 saturated carbocycles. The zero-order chi connectivity index (χ0) is 22.1. The molecule has 8 heteroatoms. The summed E-state index contributed by atoms with van der Waals surface area (Å²) < 4.78 is 45.8. The van der Waals surface area contributed by atoms with Gasteiger partial charge in [0.2, 0.25) is 0 Å². The highest BCUT2D eigenvalue weighted by Crippen LogP contribution is 2.37. The first kappa shape index (κ1) is 20.2. The molecule has 0 radical (unpaired) electrons. The van der Waals surface area contributed by atoms with E-state index in [-0.39, 0.29) is 17.0 Å². The number of rotatable bonds is 5. The molecule has 4 rings (SSSR count). The Morgan fingerprint density at radius 3 is 2.23 bits per heavy atom. The predicted octanol–water partition coefficient (Wildman–Crippen LogP) is 4.51. The Labute approximate surface area is 175 Å². The van der Waals surface area contributed by atoms with Gasteiger partial charge in [-0.05, 0) is 42.5 Å². The van der Waals surface area contributed by atoms with Crippen LogP contribution in [0.15, 0.2) is 72.4 Å². The number of anilines is 2. The van der Waals surface area contributed by atoms with Crippen molar-refractivity contribution in [2.45, 2.75) is 0 Å². The summed E-state index contributed by atoms with van der Waals surface area (Å²) in [7, 11) is 1.42. The zero-order valence-electron chi connectivity index (χ0n) is 16.2. The fourth-order valence-electron chi connectivity index (χ4n) is 3.28. The van der Waals surface area contributed by atoms with Crippen LogP contribution in [-0.4, -0.2) is 18.9 Å². The van der Waals surface area contributed by atoms with Crippen molar-refractivity contribution in [2.75, 3.05) is 17.3 Å². The second-order valence-electron chi connectivity index (χ2n) is 6.63. The van der Waals surface area contributed by atoms with Crippen LogP contribution in [0.5, 0.6) is 5.75 Å². The maximum Gasteiger partial charge on any atom is 0.282 e. The smallest absolute Gasteiger partial charge is 0.282 e. The van der Waals surface area contributed by atoms with Crippen LogP contribution < -0.4 is 15.0 Å². The number of nitrogens with zero attached hydrogens (tertiary/aromatic N) is 1. The minimum atomic E-state index is -1.20. The summed E-state index contributed by atoms with van der Waals surface area (Å²) in [4.78, 5) is 27.3. The predicted molar refractivity (Wildman–Crippen MR) is 109 cm³/mol. The average molecular weight is 424 g/mol. The van der Waals surface area contributed by atoms with Crippen LogP contribution in [-0.2, 0) is 9.59 Å². The molecule has 0 bridgehead atoms. The normalized spacial score (nSPS) is 13.7. The van der Waals surface area contributed by atoms with Crippen LogP contribution in [0.1, 0.15) is 5.56 Å². The average Bonchev–Trinajstić information content (AvgIpc) is 3.01. The number of hydrogen-bond acceptors (Lipinski definition) is 4. The number of nitrogens with one attached hydrogen (secondary N) is 1. The molecule has 0 aromatic heterocycles. The van der Waals surface area contributed by atoms with Crippen LogP contribution in [0, 0.1) is 17.5 Å². The molecule has 0 spiro atoms. The van der Waals surface area contributed by atoms with Crippen LogP contribution >= 0.6 is 0 Å². The monoisotopic (exact) mass is 424 g/mol. The van der Waals surface area contributed by atoms with E-state index in [0.29, 0.717) is 17.0 Å². The standard InChI is InChI=1S/C23H15F3N2O3/c1-31-19-5-3-2-4-16(19)20-21(27-14-8-6-13(24)7-9-14)23(30)28(22(20)29)15-10-11-17(25)18(26)12-15/h2-12,27H,1H3. The van der Waals surface area contributed by atoms with Crippen molar-refractivity contribution in [3.05, 3.63) is 95.4 Å². The van der Waals surface area contributed by atoms with Gasteiger partial charge in [0.1, 0.15) is 17.3 Å². The molecule has 0 saturated heterocycles. The van der Waals surface area contributed by atoms with Gasteiger partial charge >= 0.3 is 0 Å². The minimum Gasteiger partial charge on any atom is -0.496 e. The zero-order valence-corrected chi connectivity index (χ0v) is 16.2. The number of carbonyl (C=O) groups excluding carboxylic acids is 2. The van der Waals surface area contributed by atoms with Crippen molar-refractivity contribution in [3.8, 4) is 5.75 Å². The van der Waals surface area contributed by atoms with E-state index in [1.54, 1.807) is 24.3 Å². The molecule has 1 heterocycles. The number of methoxy groups -OCH3 is 1. The first-order valence-electron chi connectivity index (χ1n) is 9.15. The van der Waals surface area contributed by atoms with Gasteiger partial charge in [0.05, 0.1) is 18.4 Å². The molecule has 0 unspecified atom stereocenters. The van der Waals surface area contributed by atoms with E-state index in [4.69, 9.17) is 4.74 Å². The Bertz CT molecular complexity index is 1220. The minimum absolute atomic E-state index is 0.0171. The summed E-state index contributed by atoms with van der Waals surface area (Å²) in [5.74, 6) is -3.96. The topological polar surface area (TPSA) is 58.6 Å². The van der Waals surface area contributed by atoms with Gasteiger partial charge in [-0.25, -0.2) is 18.1 Å². The summed E-state index contributed by atoms with van der Waals surface area (Å²) >= 11 is 0. The van der Waals surface area contributed by atoms with Gasteiger partial charge in [-0.3, -0.25) is 9.59 Å². The Balaban J connectivity index is 1.86. The highest BCUT2D eigenvalue weighted by Gasteiger charge is 2.41. The lowest BCUT2D eigenvalue weighted by Crippen LogP contribution is -2.32. The van der Waals surface area contributed by atoms with Crippen molar-refractivity contribution < 1.29 is 27.5 Å². The van der Waals surface area contributed by atoms with E-state index < -0.39 is 29.3 Å². The van der Waals surface area contributed by atoms with E-state index in [2.05, 4.69) is 5.32 Å². The fraction of sp³-hybridized carbons (Fsp3) is 0.0435. The Kier molecular flexibility index (Phi) is 5.21. The SMILES string of the molecule is COc1ccccc1C1=C(Nc2ccc(F)cc2)C(=O)N(c2ccc(F)c(F)c2)C1=O. The maximum atomic E-state index is 13.8. The first-order valence-corrected chi connectivity index (χ1v) is 9.15. The number of amides is 2. The number of halogens is 3. The van der Waals surface area contributed by atoms with Gasteiger partial charge in [0.25, 0.3) is 11.8 Å². The molecule has 0 aliphatic carbocycles. The highest BCUT2D eigenvalue weighted by atomic mass is 19.2.